The van der Waals surface area contributed by atoms with Gasteiger partial charge >= 0.3 is 29.6 Å². The van der Waals surface area contributed by atoms with E-state index in [4.69, 9.17) is 0 Å². The average Bonchev–Trinajstić information content (AvgIpc) is 2.44. The Labute approximate surface area is 116 Å². The molecule has 3 heteroatoms. The van der Waals surface area contributed by atoms with Crippen molar-refractivity contribution in [1.29, 1.82) is 0 Å². The first-order chi connectivity index (χ1) is 7.27. The van der Waals surface area contributed by atoms with Crippen LogP contribution < -0.4 is 40.1 Å². The van der Waals surface area contributed by atoms with Crippen LogP contribution in [0.15, 0.2) is 59.4 Å². The zero-order chi connectivity index (χ0) is 10.7. The Morgan fingerprint density at radius 3 is 2.00 bits per heavy atom. The standard InChI is InChI=1S/C13H10O2.Na/c14-12-8-6-11(7-9-13(12)15)10-4-2-1-3-5-10;/h1-9H,(H,14,15);/q;+1/p-1. The molecule has 2 rings (SSSR count). The summed E-state index contributed by atoms with van der Waals surface area (Å²) < 4.78 is 0. The topological polar surface area (TPSA) is 40.1 Å². The molecule has 0 saturated heterocycles. The van der Waals surface area contributed by atoms with Crippen molar-refractivity contribution in [3.8, 4) is 16.9 Å². The summed E-state index contributed by atoms with van der Waals surface area (Å²) >= 11 is 0. The van der Waals surface area contributed by atoms with Crippen molar-refractivity contribution >= 4 is 0 Å². The van der Waals surface area contributed by atoms with Crippen LogP contribution in [0.5, 0.6) is 5.75 Å². The van der Waals surface area contributed by atoms with Gasteiger partial charge in [0.15, 0.2) is 5.43 Å². The number of hydrogen-bond acceptors (Lipinski definition) is 2. The fourth-order valence-corrected chi connectivity index (χ4v) is 1.37. The molecule has 2 aromatic rings. The summed E-state index contributed by atoms with van der Waals surface area (Å²) in [5.41, 5.74) is 1.39. The van der Waals surface area contributed by atoms with Gasteiger partial charge in [-0.05, 0) is 17.2 Å². The molecule has 0 amide bonds. The molecule has 0 aromatic heterocycles. The first-order valence-electron chi connectivity index (χ1n) is 4.64. The van der Waals surface area contributed by atoms with Gasteiger partial charge in [-0.3, -0.25) is 4.79 Å². The molecule has 0 saturated carbocycles. The Morgan fingerprint density at radius 2 is 1.31 bits per heavy atom. The van der Waals surface area contributed by atoms with Crippen molar-refractivity contribution in [2.75, 3.05) is 0 Å². The molecule has 0 heterocycles. The molecule has 0 atom stereocenters. The molecule has 2 nitrogen and oxygen atoms in total. The van der Waals surface area contributed by atoms with E-state index >= 15 is 0 Å². The van der Waals surface area contributed by atoms with Gasteiger partial charge in [-0.1, -0.05) is 54.3 Å². The van der Waals surface area contributed by atoms with Crippen LogP contribution in [0.3, 0.4) is 0 Å². The second kappa shape index (κ2) is 5.85. The van der Waals surface area contributed by atoms with E-state index in [1.807, 2.05) is 30.3 Å². The molecule has 0 spiro atoms. The van der Waals surface area contributed by atoms with E-state index in [1.165, 1.54) is 12.1 Å². The summed E-state index contributed by atoms with van der Waals surface area (Å²) in [5.74, 6) is -0.475. The Hall–Kier alpha value is -1.09. The molecule has 0 N–H and O–H groups in total. The van der Waals surface area contributed by atoms with Crippen LogP contribution >= 0.6 is 0 Å². The third kappa shape index (κ3) is 2.95. The fourth-order valence-electron chi connectivity index (χ4n) is 1.37. The van der Waals surface area contributed by atoms with E-state index in [1.54, 1.807) is 12.1 Å². The third-order valence-corrected chi connectivity index (χ3v) is 2.18. The van der Waals surface area contributed by atoms with Gasteiger partial charge in [0, 0.05) is 0 Å². The van der Waals surface area contributed by atoms with Crippen LogP contribution in [-0.2, 0) is 0 Å². The maximum absolute atomic E-state index is 11.1. The van der Waals surface area contributed by atoms with Crippen molar-refractivity contribution in [2.45, 2.75) is 0 Å². The van der Waals surface area contributed by atoms with E-state index in [0.29, 0.717) is 0 Å². The van der Waals surface area contributed by atoms with Crippen LogP contribution in [0.1, 0.15) is 0 Å². The van der Waals surface area contributed by atoms with E-state index < -0.39 is 11.2 Å². The molecule has 0 fully saturated rings. The van der Waals surface area contributed by atoms with Crippen LogP contribution in [0.4, 0.5) is 0 Å². The van der Waals surface area contributed by atoms with Crippen molar-refractivity contribution in [3.05, 3.63) is 64.8 Å². The van der Waals surface area contributed by atoms with Crippen LogP contribution in [-0.4, -0.2) is 0 Å². The smallest absolute Gasteiger partial charge is 0.870 e. The van der Waals surface area contributed by atoms with Crippen LogP contribution in [0, 0.1) is 0 Å². The quantitative estimate of drug-likeness (QED) is 0.566. The first-order valence-corrected chi connectivity index (χ1v) is 4.64. The van der Waals surface area contributed by atoms with Gasteiger partial charge in [0.1, 0.15) is 0 Å². The van der Waals surface area contributed by atoms with Gasteiger partial charge in [-0.2, -0.15) is 0 Å². The molecule has 0 radical (unpaired) electrons. The van der Waals surface area contributed by atoms with Crippen molar-refractivity contribution < 1.29 is 34.7 Å². The van der Waals surface area contributed by atoms with Crippen molar-refractivity contribution in [1.82, 2.24) is 0 Å². The average molecular weight is 220 g/mol. The predicted octanol–water partition coefficient (Wildman–Crippen LogP) is -1.21. The van der Waals surface area contributed by atoms with Crippen molar-refractivity contribution in [3.63, 3.8) is 0 Å². The minimum Gasteiger partial charge on any atom is -0.870 e. The van der Waals surface area contributed by atoms with E-state index in [0.717, 1.165) is 11.1 Å². The number of hydrogen-bond donors (Lipinski definition) is 0. The van der Waals surface area contributed by atoms with Gasteiger partial charge < -0.3 is 5.11 Å². The van der Waals surface area contributed by atoms with E-state index in [-0.39, 0.29) is 29.6 Å². The van der Waals surface area contributed by atoms with Crippen molar-refractivity contribution in [2.24, 2.45) is 0 Å². The van der Waals surface area contributed by atoms with Crippen LogP contribution in [0.25, 0.3) is 11.1 Å². The fraction of sp³-hybridized carbons (Fsp3) is 0. The SMILES string of the molecule is O=c1ccc(-c2ccccc2)ccc1[O-].[Na+]. The second-order valence-corrected chi connectivity index (χ2v) is 3.22. The summed E-state index contributed by atoms with van der Waals surface area (Å²) in [6.45, 7) is 0. The normalized spacial score (nSPS) is 9.25. The number of benzene rings is 1. The maximum Gasteiger partial charge on any atom is 1.00 e. The monoisotopic (exact) mass is 220 g/mol. The Balaban J connectivity index is 0.00000128. The second-order valence-electron chi connectivity index (χ2n) is 3.22. The molecular formula is C13H9NaO2. The summed E-state index contributed by atoms with van der Waals surface area (Å²) in [5, 5.41) is 11.1. The summed E-state index contributed by atoms with van der Waals surface area (Å²) in [6, 6.07) is 15.6. The van der Waals surface area contributed by atoms with Gasteiger partial charge in [-0.25, -0.2) is 0 Å². The maximum atomic E-state index is 11.1. The third-order valence-electron chi connectivity index (χ3n) is 2.18. The summed E-state index contributed by atoms with van der Waals surface area (Å²) in [6.07, 6.45) is 0. The minimum atomic E-state index is -0.475. The van der Waals surface area contributed by atoms with Gasteiger partial charge in [-0.15, -0.1) is 0 Å². The molecule has 0 bridgehead atoms. The Morgan fingerprint density at radius 1 is 0.750 bits per heavy atom. The molecule has 0 aliphatic carbocycles. The zero-order valence-electron chi connectivity index (χ0n) is 9.01. The zero-order valence-corrected chi connectivity index (χ0v) is 11.0. The summed E-state index contributed by atoms with van der Waals surface area (Å²) in [4.78, 5) is 11.1. The molecule has 74 valence electrons. The Kier molecular flexibility index (Phi) is 4.74. The summed E-state index contributed by atoms with van der Waals surface area (Å²) in [7, 11) is 0. The Bertz CT molecular complexity index is 524. The predicted molar refractivity (Wildman–Crippen MR) is 57.6 cm³/mol. The molecule has 2 aromatic carbocycles. The molecule has 0 aliphatic heterocycles. The largest absolute Gasteiger partial charge is 1.00 e. The van der Waals surface area contributed by atoms with Gasteiger partial charge in [0.25, 0.3) is 0 Å². The van der Waals surface area contributed by atoms with E-state index in [2.05, 4.69) is 0 Å². The first kappa shape index (κ1) is 13.0. The van der Waals surface area contributed by atoms with E-state index in [9.17, 15) is 9.90 Å². The number of rotatable bonds is 1. The molecular weight excluding hydrogens is 211 g/mol. The van der Waals surface area contributed by atoms with Gasteiger partial charge in [0.05, 0.1) is 0 Å². The molecule has 0 unspecified atom stereocenters. The molecule has 0 aliphatic rings. The molecule has 16 heavy (non-hydrogen) atoms. The van der Waals surface area contributed by atoms with Gasteiger partial charge in [0.2, 0.25) is 0 Å². The van der Waals surface area contributed by atoms with Crippen LogP contribution in [0.2, 0.25) is 0 Å². The minimum absolute atomic E-state index is 0.